The summed E-state index contributed by atoms with van der Waals surface area (Å²) in [6, 6.07) is 0. The minimum atomic E-state index is 0. The van der Waals surface area contributed by atoms with Crippen molar-refractivity contribution in [3.63, 3.8) is 0 Å². The molecule has 0 saturated heterocycles. The van der Waals surface area contributed by atoms with Gasteiger partial charge in [0, 0.05) is 0 Å². The molecule has 0 bridgehead atoms. The first-order valence-electron chi connectivity index (χ1n) is 1.50. The van der Waals surface area contributed by atoms with E-state index in [1.165, 1.54) is 0 Å². The van der Waals surface area contributed by atoms with Gasteiger partial charge in [0.2, 0.25) is 0 Å². The van der Waals surface area contributed by atoms with Crippen LogP contribution in [0.3, 0.4) is 0 Å². The predicted octanol–water partition coefficient (Wildman–Crippen LogP) is -2.01. The molecular formula is C3H9IMgSi. The quantitative estimate of drug-likeness (QED) is 0.330. The van der Waals surface area contributed by atoms with Crippen LogP contribution in [0.5, 0.6) is 0 Å². The van der Waals surface area contributed by atoms with Gasteiger partial charge in [-0.15, -0.1) is 0 Å². The molecule has 0 aliphatic carbocycles. The summed E-state index contributed by atoms with van der Waals surface area (Å²) in [5.74, 6) is 0. The van der Waals surface area contributed by atoms with Crippen LogP contribution in [-0.4, -0.2) is 31.8 Å². The van der Waals surface area contributed by atoms with Crippen LogP contribution in [-0.2, 0) is 0 Å². The number of rotatable bonds is 0. The number of hydrogen-bond acceptors (Lipinski definition) is 0. The summed E-state index contributed by atoms with van der Waals surface area (Å²) in [6.45, 7) is 6.81. The number of halogens is 1. The van der Waals surface area contributed by atoms with E-state index in [1.807, 2.05) is 0 Å². The Morgan fingerprint density at radius 2 is 1.00 bits per heavy atom. The van der Waals surface area contributed by atoms with Gasteiger partial charge in [-0.3, -0.25) is 8.80 Å². The zero-order chi connectivity index (χ0) is 3.58. The van der Waals surface area contributed by atoms with Gasteiger partial charge in [-0.2, -0.15) is 19.6 Å². The molecule has 0 aromatic rings. The summed E-state index contributed by atoms with van der Waals surface area (Å²) in [6.07, 6.45) is 0. The van der Waals surface area contributed by atoms with Gasteiger partial charge in [0.25, 0.3) is 0 Å². The Labute approximate surface area is 74.9 Å². The second kappa shape index (κ2) is 9.86. The maximum atomic E-state index is 2.27. The molecule has 0 aliphatic rings. The van der Waals surface area contributed by atoms with Crippen molar-refractivity contribution in [2.75, 3.05) is 0 Å². The molecule has 0 aromatic heterocycles. The van der Waals surface area contributed by atoms with Crippen LogP contribution in [0.1, 0.15) is 0 Å². The van der Waals surface area contributed by atoms with Crippen LogP contribution in [0.25, 0.3) is 0 Å². The summed E-state index contributed by atoms with van der Waals surface area (Å²) in [5, 5.41) is 0. The van der Waals surface area contributed by atoms with Crippen LogP contribution in [0, 0.1) is 0 Å². The molecule has 0 radical (unpaired) electrons. The zero-order valence-electron chi connectivity index (χ0n) is 4.59. The van der Waals surface area contributed by atoms with Crippen molar-refractivity contribution in [1.29, 1.82) is 0 Å². The third-order valence-corrected chi connectivity index (χ3v) is 0. The van der Waals surface area contributed by atoms with Crippen molar-refractivity contribution < 1.29 is 24.0 Å². The van der Waals surface area contributed by atoms with Gasteiger partial charge in [0.15, 0.2) is 0 Å². The molecule has 0 fully saturated rings. The van der Waals surface area contributed by atoms with E-state index in [9.17, 15) is 0 Å². The van der Waals surface area contributed by atoms with Crippen LogP contribution in [0.2, 0.25) is 19.6 Å². The molecule has 0 amide bonds. The van der Waals surface area contributed by atoms with Crippen LogP contribution in [0.15, 0.2) is 0 Å². The number of hydrogen-bond donors (Lipinski definition) is 0. The minimum Gasteiger partial charge on any atom is -1.00 e. The molecule has 3 heteroatoms. The molecule has 0 nitrogen and oxygen atoms in total. The molecule has 0 unspecified atom stereocenters. The van der Waals surface area contributed by atoms with Crippen molar-refractivity contribution in [3.05, 3.63) is 0 Å². The normalized spacial score (nSPS) is 6.00. The molecule has 0 heterocycles. The zero-order valence-corrected chi connectivity index (χ0v) is 9.16. The fraction of sp³-hybridized carbons (Fsp3) is 1.00. The second-order valence-corrected chi connectivity index (χ2v) is 4.50. The van der Waals surface area contributed by atoms with Crippen molar-refractivity contribution >= 4 is 31.8 Å². The predicted molar refractivity (Wildman–Crippen MR) is 29.1 cm³/mol. The summed E-state index contributed by atoms with van der Waals surface area (Å²) in [5.41, 5.74) is 0. The van der Waals surface area contributed by atoms with E-state index in [-0.39, 0.29) is 55.8 Å². The molecule has 0 aliphatic heterocycles. The summed E-state index contributed by atoms with van der Waals surface area (Å²) >= 11 is 0. The van der Waals surface area contributed by atoms with Gasteiger partial charge >= 0.3 is 23.1 Å². The van der Waals surface area contributed by atoms with E-state index in [1.54, 1.807) is 0 Å². The molecular weight excluding hydrogens is 215 g/mol. The summed E-state index contributed by atoms with van der Waals surface area (Å²) < 4.78 is 0. The first kappa shape index (κ1) is 15.6. The van der Waals surface area contributed by atoms with Crippen LogP contribution in [0.4, 0.5) is 0 Å². The third-order valence-electron chi connectivity index (χ3n) is 0. The Balaban J connectivity index is -0.0000000450. The SMILES string of the molecule is C[Si-](C)C.[I-].[Mg+2]. The summed E-state index contributed by atoms with van der Waals surface area (Å²) in [4.78, 5) is 0. The first-order chi connectivity index (χ1) is 1.73. The molecule has 0 spiro atoms. The average Bonchev–Trinajstić information content (AvgIpc) is 0.811. The Morgan fingerprint density at radius 1 is 1.00 bits per heavy atom. The van der Waals surface area contributed by atoms with Gasteiger partial charge in [-0.05, 0) is 0 Å². The second-order valence-electron chi connectivity index (χ2n) is 1.50. The molecule has 0 aromatic carbocycles. The van der Waals surface area contributed by atoms with Crippen molar-refractivity contribution in [2.24, 2.45) is 0 Å². The van der Waals surface area contributed by atoms with Gasteiger partial charge < -0.3 is 24.0 Å². The maximum absolute atomic E-state index is 2.27. The van der Waals surface area contributed by atoms with Gasteiger partial charge in [0.1, 0.15) is 0 Å². The standard InChI is InChI=1S/C3H9Si.HI.Mg/c1-4(2)3;;/h1-3H3;1H;/q-1;;+2/p-1. The van der Waals surface area contributed by atoms with Crippen LogP contribution >= 0.6 is 0 Å². The van der Waals surface area contributed by atoms with E-state index >= 15 is 0 Å². The van der Waals surface area contributed by atoms with Crippen molar-refractivity contribution in [1.82, 2.24) is 0 Å². The first-order valence-corrected chi connectivity index (χ1v) is 4.50. The van der Waals surface area contributed by atoms with E-state index in [4.69, 9.17) is 0 Å². The Morgan fingerprint density at radius 3 is 1.00 bits per heavy atom. The molecule has 0 saturated carbocycles. The maximum Gasteiger partial charge on any atom is 2.00 e. The topological polar surface area (TPSA) is 0 Å². The minimum absolute atomic E-state index is 0. The molecule has 0 atom stereocenters. The average molecular weight is 224 g/mol. The molecule has 6 heavy (non-hydrogen) atoms. The van der Waals surface area contributed by atoms with Crippen LogP contribution < -0.4 is 24.0 Å². The largest absolute Gasteiger partial charge is 2.00 e. The smallest absolute Gasteiger partial charge is 1.00 e. The fourth-order valence-electron chi connectivity index (χ4n) is 0. The third kappa shape index (κ3) is 43.2. The van der Waals surface area contributed by atoms with E-state index < -0.39 is 0 Å². The fourth-order valence-corrected chi connectivity index (χ4v) is 0. The molecule has 0 N–H and O–H groups in total. The Hall–Kier alpha value is 1.71. The van der Waals surface area contributed by atoms with E-state index in [0.717, 1.165) is 0 Å². The van der Waals surface area contributed by atoms with E-state index in [2.05, 4.69) is 19.6 Å². The summed E-state index contributed by atoms with van der Waals surface area (Å²) in [7, 11) is 0.120. The van der Waals surface area contributed by atoms with Crippen molar-refractivity contribution in [3.8, 4) is 0 Å². The Kier molecular flexibility index (Phi) is 25.7. The van der Waals surface area contributed by atoms with Gasteiger partial charge in [-0.25, -0.2) is 0 Å². The van der Waals surface area contributed by atoms with Gasteiger partial charge in [0.05, 0.1) is 0 Å². The Bertz CT molecular complexity index is 15.5. The monoisotopic (exact) mass is 224 g/mol. The van der Waals surface area contributed by atoms with Gasteiger partial charge in [-0.1, -0.05) is 0 Å². The van der Waals surface area contributed by atoms with E-state index in [0.29, 0.717) is 0 Å². The molecule has 0 rings (SSSR count). The molecule has 34 valence electrons. The van der Waals surface area contributed by atoms with Crippen molar-refractivity contribution in [2.45, 2.75) is 19.6 Å².